The Morgan fingerprint density at radius 1 is 1.67 bits per heavy atom. The molecule has 18 heavy (non-hydrogen) atoms. The largest absolute Gasteiger partial charge is 0.397 e. The van der Waals surface area contributed by atoms with Gasteiger partial charge in [0.25, 0.3) is 5.91 Å². The minimum Gasteiger partial charge on any atom is -0.397 e. The molecular formula is C13H21N3O2. The number of rotatable bonds is 6. The number of anilines is 1. The zero-order valence-corrected chi connectivity index (χ0v) is 11.0. The third-order valence-corrected chi connectivity index (χ3v) is 3.18. The van der Waals surface area contributed by atoms with Crippen LogP contribution >= 0.6 is 0 Å². The van der Waals surface area contributed by atoms with Gasteiger partial charge in [-0.1, -0.05) is 0 Å². The van der Waals surface area contributed by atoms with Crippen molar-refractivity contribution in [1.82, 2.24) is 9.88 Å². The Bertz CT molecular complexity index is 424. The van der Waals surface area contributed by atoms with Gasteiger partial charge in [0.05, 0.1) is 5.69 Å². The van der Waals surface area contributed by atoms with Gasteiger partial charge in [0.15, 0.2) is 0 Å². The first kappa shape index (κ1) is 13.0. The van der Waals surface area contributed by atoms with E-state index in [1.54, 1.807) is 13.2 Å². The molecule has 0 spiro atoms. The summed E-state index contributed by atoms with van der Waals surface area (Å²) in [6, 6.07) is 2.30. The monoisotopic (exact) mass is 251 g/mol. The van der Waals surface area contributed by atoms with E-state index in [0.29, 0.717) is 24.0 Å². The summed E-state index contributed by atoms with van der Waals surface area (Å²) in [4.78, 5) is 12.2. The predicted molar refractivity (Wildman–Crippen MR) is 70.5 cm³/mol. The molecule has 1 aliphatic rings. The van der Waals surface area contributed by atoms with Crippen LogP contribution in [0, 0.1) is 0 Å². The molecule has 0 saturated heterocycles. The topological polar surface area (TPSA) is 69.3 Å². The molecule has 1 atom stereocenters. The normalized spacial score (nSPS) is 16.6. The summed E-state index contributed by atoms with van der Waals surface area (Å²) >= 11 is 0. The van der Waals surface area contributed by atoms with Crippen LogP contribution in [0.4, 0.5) is 5.69 Å². The van der Waals surface area contributed by atoms with Crippen LogP contribution in [-0.2, 0) is 4.74 Å². The zero-order valence-electron chi connectivity index (χ0n) is 11.0. The fraction of sp³-hybridized carbons (Fsp3) is 0.615. The highest BCUT2D eigenvalue weighted by molar-refractivity contribution is 5.94. The summed E-state index contributed by atoms with van der Waals surface area (Å²) in [6.45, 7) is 2.62. The number of nitrogen functional groups attached to an aromatic ring is 1. The van der Waals surface area contributed by atoms with E-state index in [0.717, 1.165) is 19.3 Å². The van der Waals surface area contributed by atoms with E-state index < -0.39 is 0 Å². The minimum absolute atomic E-state index is 0.0535. The van der Waals surface area contributed by atoms with Crippen LogP contribution in [0.2, 0.25) is 0 Å². The standard InChI is InChI=1S/C13H21N3O2/c1-9(5-6-18-2)15-13(17)12-7-10(14)8-16(12)11-3-4-11/h7-9,11H,3-6,14H2,1-2H3,(H,15,17). The lowest BCUT2D eigenvalue weighted by Gasteiger charge is -2.14. The maximum atomic E-state index is 12.2. The molecule has 0 aliphatic heterocycles. The molecule has 1 aromatic heterocycles. The summed E-state index contributed by atoms with van der Waals surface area (Å²) in [6.07, 6.45) is 4.93. The number of nitrogens with one attached hydrogen (secondary N) is 1. The van der Waals surface area contributed by atoms with Crippen molar-refractivity contribution in [2.75, 3.05) is 19.5 Å². The molecule has 1 heterocycles. The predicted octanol–water partition coefficient (Wildman–Crippen LogP) is 1.56. The number of nitrogens with zero attached hydrogens (tertiary/aromatic N) is 1. The Morgan fingerprint density at radius 2 is 2.39 bits per heavy atom. The Morgan fingerprint density at radius 3 is 3.00 bits per heavy atom. The molecule has 0 radical (unpaired) electrons. The van der Waals surface area contributed by atoms with Gasteiger partial charge < -0.3 is 20.4 Å². The van der Waals surface area contributed by atoms with Crippen LogP contribution in [-0.4, -0.2) is 30.2 Å². The molecule has 5 heteroatoms. The molecule has 1 aromatic rings. The summed E-state index contributed by atoms with van der Waals surface area (Å²) in [5.41, 5.74) is 7.09. The average Bonchev–Trinajstić information content (AvgIpc) is 3.09. The molecule has 1 saturated carbocycles. The molecule has 2 rings (SSSR count). The number of hydrogen-bond acceptors (Lipinski definition) is 3. The minimum atomic E-state index is -0.0535. The van der Waals surface area contributed by atoms with Crippen molar-refractivity contribution < 1.29 is 9.53 Å². The van der Waals surface area contributed by atoms with E-state index in [1.807, 2.05) is 17.7 Å². The van der Waals surface area contributed by atoms with E-state index in [9.17, 15) is 4.79 Å². The van der Waals surface area contributed by atoms with Gasteiger partial charge >= 0.3 is 0 Å². The lowest BCUT2D eigenvalue weighted by atomic mass is 10.2. The van der Waals surface area contributed by atoms with Crippen LogP contribution in [0.3, 0.4) is 0 Å². The second kappa shape index (κ2) is 5.44. The van der Waals surface area contributed by atoms with Gasteiger partial charge in [-0.15, -0.1) is 0 Å². The van der Waals surface area contributed by atoms with Crippen molar-refractivity contribution in [1.29, 1.82) is 0 Å². The molecule has 1 fully saturated rings. The number of carbonyl (C=O) groups excluding carboxylic acids is 1. The van der Waals surface area contributed by atoms with Crippen molar-refractivity contribution >= 4 is 11.6 Å². The van der Waals surface area contributed by atoms with Crippen LogP contribution < -0.4 is 11.1 Å². The van der Waals surface area contributed by atoms with Crippen molar-refractivity contribution in [3.63, 3.8) is 0 Å². The lowest BCUT2D eigenvalue weighted by molar-refractivity contribution is 0.0920. The number of ether oxygens (including phenoxy) is 1. The number of amides is 1. The molecule has 3 N–H and O–H groups in total. The van der Waals surface area contributed by atoms with Crippen LogP contribution in [0.5, 0.6) is 0 Å². The third kappa shape index (κ3) is 3.04. The number of methoxy groups -OCH3 is 1. The fourth-order valence-corrected chi connectivity index (χ4v) is 2.00. The summed E-state index contributed by atoms with van der Waals surface area (Å²) in [5.74, 6) is -0.0535. The molecule has 0 bridgehead atoms. The zero-order chi connectivity index (χ0) is 13.1. The second-order valence-corrected chi connectivity index (χ2v) is 4.95. The number of hydrogen-bond donors (Lipinski definition) is 2. The highest BCUT2D eigenvalue weighted by Crippen LogP contribution is 2.37. The van der Waals surface area contributed by atoms with Crippen molar-refractivity contribution in [2.45, 2.75) is 38.3 Å². The van der Waals surface area contributed by atoms with E-state index in [1.165, 1.54) is 0 Å². The van der Waals surface area contributed by atoms with Crippen LogP contribution in [0.1, 0.15) is 42.7 Å². The molecule has 1 amide bonds. The first-order valence-electron chi connectivity index (χ1n) is 6.39. The molecule has 5 nitrogen and oxygen atoms in total. The number of carbonyl (C=O) groups is 1. The van der Waals surface area contributed by atoms with Gasteiger partial charge in [0, 0.05) is 32.0 Å². The van der Waals surface area contributed by atoms with Crippen molar-refractivity contribution in [3.8, 4) is 0 Å². The van der Waals surface area contributed by atoms with Gasteiger partial charge in [-0.2, -0.15) is 0 Å². The van der Waals surface area contributed by atoms with E-state index in [-0.39, 0.29) is 11.9 Å². The maximum Gasteiger partial charge on any atom is 0.268 e. The smallest absolute Gasteiger partial charge is 0.268 e. The van der Waals surface area contributed by atoms with Crippen molar-refractivity contribution in [2.24, 2.45) is 0 Å². The third-order valence-electron chi connectivity index (χ3n) is 3.18. The average molecular weight is 251 g/mol. The lowest BCUT2D eigenvalue weighted by Crippen LogP contribution is -2.34. The van der Waals surface area contributed by atoms with Gasteiger partial charge in [0.2, 0.25) is 0 Å². The van der Waals surface area contributed by atoms with Crippen LogP contribution in [0.25, 0.3) is 0 Å². The second-order valence-electron chi connectivity index (χ2n) is 4.95. The Balaban J connectivity index is 1.99. The molecule has 100 valence electrons. The SMILES string of the molecule is COCCC(C)NC(=O)c1cc(N)cn1C1CC1. The Hall–Kier alpha value is -1.49. The Labute approximate surface area is 107 Å². The fourth-order valence-electron chi connectivity index (χ4n) is 2.00. The highest BCUT2D eigenvalue weighted by atomic mass is 16.5. The highest BCUT2D eigenvalue weighted by Gasteiger charge is 2.27. The Kier molecular flexibility index (Phi) is 3.91. The van der Waals surface area contributed by atoms with E-state index in [2.05, 4.69) is 5.32 Å². The van der Waals surface area contributed by atoms with E-state index >= 15 is 0 Å². The summed E-state index contributed by atoms with van der Waals surface area (Å²) < 4.78 is 6.99. The number of nitrogens with two attached hydrogens (primary N) is 1. The van der Waals surface area contributed by atoms with Crippen molar-refractivity contribution in [3.05, 3.63) is 18.0 Å². The van der Waals surface area contributed by atoms with Gasteiger partial charge in [-0.3, -0.25) is 4.79 Å². The first-order chi connectivity index (χ1) is 8.61. The maximum absolute atomic E-state index is 12.2. The molecular weight excluding hydrogens is 230 g/mol. The van der Waals surface area contributed by atoms with Crippen LogP contribution in [0.15, 0.2) is 12.3 Å². The summed E-state index contributed by atoms with van der Waals surface area (Å²) in [7, 11) is 1.66. The molecule has 0 aromatic carbocycles. The molecule has 1 unspecified atom stereocenters. The number of aromatic nitrogens is 1. The summed E-state index contributed by atoms with van der Waals surface area (Å²) in [5, 5.41) is 2.97. The first-order valence-corrected chi connectivity index (χ1v) is 6.39. The van der Waals surface area contributed by atoms with Gasteiger partial charge in [-0.25, -0.2) is 0 Å². The van der Waals surface area contributed by atoms with E-state index in [4.69, 9.17) is 10.5 Å². The van der Waals surface area contributed by atoms with Gasteiger partial charge in [-0.05, 0) is 32.3 Å². The quantitative estimate of drug-likeness (QED) is 0.806. The molecule has 1 aliphatic carbocycles. The van der Waals surface area contributed by atoms with Gasteiger partial charge in [0.1, 0.15) is 5.69 Å².